The van der Waals surface area contributed by atoms with Gasteiger partial charge in [0, 0.05) is 18.6 Å². The number of piperidine rings is 1. The first-order chi connectivity index (χ1) is 6.18. The van der Waals surface area contributed by atoms with Crippen molar-refractivity contribution in [3.05, 3.63) is 0 Å². The number of hydrogen-bond acceptors (Lipinski definition) is 2. The van der Waals surface area contributed by atoms with Crippen LogP contribution < -0.4 is 16.0 Å². The Bertz CT molecular complexity index is 169. The molecule has 5 heteroatoms. The van der Waals surface area contributed by atoms with Gasteiger partial charge in [-0.1, -0.05) is 0 Å². The molecule has 1 rings (SSSR count). The van der Waals surface area contributed by atoms with Gasteiger partial charge in [0.1, 0.15) is 0 Å². The molecule has 1 atom stereocenters. The van der Waals surface area contributed by atoms with Gasteiger partial charge in [-0.25, -0.2) is 4.79 Å². The summed E-state index contributed by atoms with van der Waals surface area (Å²) >= 11 is 0. The van der Waals surface area contributed by atoms with Gasteiger partial charge in [0.05, 0.1) is 0 Å². The second-order valence-corrected chi connectivity index (χ2v) is 3.82. The van der Waals surface area contributed by atoms with Crippen LogP contribution in [0.5, 0.6) is 0 Å². The molecule has 14 heavy (non-hydrogen) atoms. The van der Waals surface area contributed by atoms with Gasteiger partial charge in [-0.05, 0) is 33.2 Å². The lowest BCUT2D eigenvalue weighted by molar-refractivity contribution is 0.231. The number of rotatable bonds is 2. The molecule has 84 valence electrons. The summed E-state index contributed by atoms with van der Waals surface area (Å²) < 4.78 is 0. The van der Waals surface area contributed by atoms with Crippen molar-refractivity contribution in [2.24, 2.45) is 0 Å². The van der Waals surface area contributed by atoms with Crippen LogP contribution in [-0.2, 0) is 0 Å². The summed E-state index contributed by atoms with van der Waals surface area (Å²) in [7, 11) is 0. The normalized spacial score (nSPS) is 21.2. The molecule has 1 aliphatic rings. The second kappa shape index (κ2) is 6.90. The van der Waals surface area contributed by atoms with E-state index < -0.39 is 0 Å². The van der Waals surface area contributed by atoms with Crippen LogP contribution in [0.3, 0.4) is 0 Å². The summed E-state index contributed by atoms with van der Waals surface area (Å²) in [4.78, 5) is 11.3. The first-order valence-electron chi connectivity index (χ1n) is 4.96. The number of carbonyl (C=O) groups is 1. The lowest BCUT2D eigenvalue weighted by Gasteiger charge is -2.24. The van der Waals surface area contributed by atoms with Crippen LogP contribution in [0.25, 0.3) is 0 Å². The first kappa shape index (κ1) is 13.5. The van der Waals surface area contributed by atoms with E-state index in [9.17, 15) is 4.79 Å². The summed E-state index contributed by atoms with van der Waals surface area (Å²) in [6, 6.07) is 0.452. The van der Waals surface area contributed by atoms with Crippen molar-refractivity contribution >= 4 is 18.4 Å². The van der Waals surface area contributed by atoms with E-state index in [0.29, 0.717) is 6.04 Å². The molecule has 1 heterocycles. The minimum absolute atomic E-state index is 0. The second-order valence-electron chi connectivity index (χ2n) is 3.82. The van der Waals surface area contributed by atoms with Crippen molar-refractivity contribution in [1.82, 2.24) is 16.0 Å². The zero-order valence-electron chi connectivity index (χ0n) is 8.80. The highest BCUT2D eigenvalue weighted by atomic mass is 35.5. The molecule has 0 radical (unpaired) electrons. The minimum atomic E-state index is -0.0521. The van der Waals surface area contributed by atoms with E-state index in [1.54, 1.807) is 0 Å². The van der Waals surface area contributed by atoms with Crippen molar-refractivity contribution in [3.8, 4) is 0 Å². The quantitative estimate of drug-likeness (QED) is 0.648. The van der Waals surface area contributed by atoms with Gasteiger partial charge in [-0.2, -0.15) is 0 Å². The molecule has 0 aromatic carbocycles. The van der Waals surface area contributed by atoms with E-state index in [-0.39, 0.29) is 24.5 Å². The highest BCUT2D eigenvalue weighted by Gasteiger charge is 2.14. The maximum Gasteiger partial charge on any atom is 0.315 e. The molecule has 0 bridgehead atoms. The molecule has 1 unspecified atom stereocenters. The monoisotopic (exact) mass is 221 g/mol. The van der Waals surface area contributed by atoms with Crippen molar-refractivity contribution < 1.29 is 4.79 Å². The molecule has 0 saturated carbocycles. The fourth-order valence-electron chi connectivity index (χ4n) is 1.46. The SMILES string of the molecule is CC(C)NC(=O)NC1CCCNC1.Cl. The number of nitrogens with one attached hydrogen (secondary N) is 3. The van der Waals surface area contributed by atoms with Gasteiger partial charge < -0.3 is 16.0 Å². The number of urea groups is 1. The van der Waals surface area contributed by atoms with E-state index in [2.05, 4.69) is 16.0 Å². The zero-order valence-corrected chi connectivity index (χ0v) is 9.62. The van der Waals surface area contributed by atoms with Crippen LogP contribution in [0, 0.1) is 0 Å². The van der Waals surface area contributed by atoms with Crippen LogP contribution >= 0.6 is 12.4 Å². The molecule has 1 fully saturated rings. The Morgan fingerprint density at radius 3 is 2.71 bits per heavy atom. The van der Waals surface area contributed by atoms with Crippen molar-refractivity contribution in [3.63, 3.8) is 0 Å². The molecule has 0 aromatic heterocycles. The molecular weight excluding hydrogens is 202 g/mol. The van der Waals surface area contributed by atoms with Crippen LogP contribution in [-0.4, -0.2) is 31.2 Å². The molecular formula is C9H20ClN3O. The number of halogens is 1. The predicted molar refractivity (Wildman–Crippen MR) is 59.9 cm³/mol. The lowest BCUT2D eigenvalue weighted by Crippen LogP contribution is -2.50. The molecule has 0 aliphatic carbocycles. The molecule has 0 spiro atoms. The Morgan fingerprint density at radius 2 is 2.21 bits per heavy atom. The van der Waals surface area contributed by atoms with Crippen molar-refractivity contribution in [2.75, 3.05) is 13.1 Å². The Kier molecular flexibility index (Phi) is 6.66. The van der Waals surface area contributed by atoms with Crippen LogP contribution in [0.15, 0.2) is 0 Å². The number of hydrogen-bond donors (Lipinski definition) is 3. The molecule has 0 aromatic rings. The summed E-state index contributed by atoms with van der Waals surface area (Å²) in [6.07, 6.45) is 2.23. The van der Waals surface area contributed by atoms with Crippen molar-refractivity contribution in [2.45, 2.75) is 38.8 Å². The number of amides is 2. The zero-order chi connectivity index (χ0) is 9.68. The van der Waals surface area contributed by atoms with Gasteiger partial charge in [-0.3, -0.25) is 0 Å². The summed E-state index contributed by atoms with van der Waals surface area (Å²) in [5.41, 5.74) is 0. The maximum absolute atomic E-state index is 11.3. The molecule has 3 N–H and O–H groups in total. The Hall–Kier alpha value is -0.480. The third kappa shape index (κ3) is 5.29. The van der Waals surface area contributed by atoms with Crippen LogP contribution in [0.1, 0.15) is 26.7 Å². The Balaban J connectivity index is 0.00000169. The number of carbonyl (C=O) groups excluding carboxylic acids is 1. The summed E-state index contributed by atoms with van der Waals surface area (Å²) in [6.45, 7) is 5.88. The van der Waals surface area contributed by atoms with Gasteiger partial charge in [0.25, 0.3) is 0 Å². The van der Waals surface area contributed by atoms with E-state index in [0.717, 1.165) is 25.9 Å². The smallest absolute Gasteiger partial charge is 0.315 e. The maximum atomic E-state index is 11.3. The lowest BCUT2D eigenvalue weighted by atomic mass is 10.1. The highest BCUT2D eigenvalue weighted by molar-refractivity contribution is 5.85. The molecule has 1 aliphatic heterocycles. The highest BCUT2D eigenvalue weighted by Crippen LogP contribution is 2.00. The largest absolute Gasteiger partial charge is 0.336 e. The standard InChI is InChI=1S/C9H19N3O.ClH/c1-7(2)11-9(13)12-8-4-3-5-10-6-8;/h7-8,10H,3-6H2,1-2H3,(H2,11,12,13);1H. The van der Waals surface area contributed by atoms with Gasteiger partial charge in [-0.15, -0.1) is 12.4 Å². The molecule has 4 nitrogen and oxygen atoms in total. The average Bonchev–Trinajstić information content (AvgIpc) is 2.04. The van der Waals surface area contributed by atoms with Crippen LogP contribution in [0.4, 0.5) is 4.79 Å². The van der Waals surface area contributed by atoms with Crippen LogP contribution in [0.2, 0.25) is 0 Å². The minimum Gasteiger partial charge on any atom is -0.336 e. The van der Waals surface area contributed by atoms with Gasteiger partial charge >= 0.3 is 6.03 Å². The molecule has 2 amide bonds. The topological polar surface area (TPSA) is 53.2 Å². The molecule has 1 saturated heterocycles. The average molecular weight is 222 g/mol. The van der Waals surface area contributed by atoms with E-state index in [1.165, 1.54) is 0 Å². The third-order valence-corrected chi connectivity index (χ3v) is 2.05. The predicted octanol–water partition coefficient (Wildman–Crippen LogP) is 0.868. The summed E-state index contributed by atoms with van der Waals surface area (Å²) in [5.74, 6) is 0. The van der Waals surface area contributed by atoms with Gasteiger partial charge in [0.2, 0.25) is 0 Å². The summed E-state index contributed by atoms with van der Waals surface area (Å²) in [5, 5.41) is 9.00. The Labute approximate surface area is 91.6 Å². The Morgan fingerprint density at radius 1 is 1.50 bits per heavy atom. The van der Waals surface area contributed by atoms with E-state index >= 15 is 0 Å². The third-order valence-electron chi connectivity index (χ3n) is 2.05. The fourth-order valence-corrected chi connectivity index (χ4v) is 1.46. The van der Waals surface area contributed by atoms with E-state index in [1.807, 2.05) is 13.8 Å². The van der Waals surface area contributed by atoms with Gasteiger partial charge in [0.15, 0.2) is 0 Å². The van der Waals surface area contributed by atoms with Crippen molar-refractivity contribution in [1.29, 1.82) is 0 Å². The first-order valence-corrected chi connectivity index (χ1v) is 4.96. The fraction of sp³-hybridized carbons (Fsp3) is 0.889. The van der Waals surface area contributed by atoms with E-state index in [4.69, 9.17) is 0 Å².